The lowest BCUT2D eigenvalue weighted by Gasteiger charge is -2.01. The number of hydrogen-bond acceptors (Lipinski definition) is 2. The number of aryl methyl sites for hydroxylation is 1. The van der Waals surface area contributed by atoms with Gasteiger partial charge in [0.1, 0.15) is 0 Å². The molecule has 1 aromatic carbocycles. The van der Waals surface area contributed by atoms with Crippen molar-refractivity contribution in [2.75, 3.05) is 0 Å². The summed E-state index contributed by atoms with van der Waals surface area (Å²) in [5.74, 6) is -0.966. The molecule has 0 aliphatic rings. The van der Waals surface area contributed by atoms with E-state index in [0.29, 0.717) is 22.6 Å². The second-order valence-electron chi connectivity index (χ2n) is 3.11. The number of halogens is 1. The third-order valence-electron chi connectivity index (χ3n) is 2.25. The van der Waals surface area contributed by atoms with Crippen LogP contribution in [-0.2, 0) is 6.54 Å². The van der Waals surface area contributed by atoms with Gasteiger partial charge in [-0.15, -0.1) is 0 Å². The molecule has 1 aromatic heterocycles. The molecule has 2 aromatic rings. The summed E-state index contributed by atoms with van der Waals surface area (Å²) in [6.45, 7) is 2.48. The highest BCUT2D eigenvalue weighted by Crippen LogP contribution is 2.25. The molecule has 0 unspecified atom stereocenters. The Hall–Kier alpha value is -1.55. The van der Waals surface area contributed by atoms with Crippen LogP contribution in [0.3, 0.4) is 0 Å². The van der Waals surface area contributed by atoms with Crippen molar-refractivity contribution in [1.82, 2.24) is 9.78 Å². The first-order valence-corrected chi connectivity index (χ1v) is 4.91. The predicted molar refractivity (Wildman–Crippen MR) is 57.4 cm³/mol. The standard InChI is InChI=1S/C10H9ClN2O2/c1-2-13-8-6(9(11)12-13)4-3-5-7(8)10(14)15/h3-5H,2H2,1H3,(H,14,15). The number of aromatic carboxylic acids is 1. The predicted octanol–water partition coefficient (Wildman–Crippen LogP) is 2.41. The van der Waals surface area contributed by atoms with E-state index >= 15 is 0 Å². The van der Waals surface area contributed by atoms with Gasteiger partial charge in [0.15, 0.2) is 5.15 Å². The van der Waals surface area contributed by atoms with E-state index in [1.807, 2.05) is 6.92 Å². The molecule has 2 rings (SSSR count). The fourth-order valence-electron chi connectivity index (χ4n) is 1.60. The molecule has 0 spiro atoms. The topological polar surface area (TPSA) is 55.1 Å². The lowest BCUT2D eigenvalue weighted by Crippen LogP contribution is -2.03. The van der Waals surface area contributed by atoms with Crippen LogP contribution in [0.1, 0.15) is 17.3 Å². The molecule has 1 N–H and O–H groups in total. The van der Waals surface area contributed by atoms with Crippen LogP contribution < -0.4 is 0 Å². The minimum atomic E-state index is -0.966. The van der Waals surface area contributed by atoms with Crippen molar-refractivity contribution in [3.05, 3.63) is 28.9 Å². The Kier molecular flexibility index (Phi) is 2.36. The molecule has 5 heteroatoms. The molecule has 1 heterocycles. The van der Waals surface area contributed by atoms with Crippen LogP contribution in [0.5, 0.6) is 0 Å². The first-order chi connectivity index (χ1) is 7.15. The Labute approximate surface area is 91.1 Å². The van der Waals surface area contributed by atoms with Crippen molar-refractivity contribution >= 4 is 28.5 Å². The van der Waals surface area contributed by atoms with E-state index in [4.69, 9.17) is 16.7 Å². The second kappa shape index (κ2) is 3.55. The van der Waals surface area contributed by atoms with Crippen LogP contribution in [0.2, 0.25) is 5.15 Å². The largest absolute Gasteiger partial charge is 0.478 e. The Morgan fingerprint density at radius 1 is 1.60 bits per heavy atom. The normalized spacial score (nSPS) is 10.8. The van der Waals surface area contributed by atoms with E-state index in [1.54, 1.807) is 22.9 Å². The third kappa shape index (κ3) is 1.47. The van der Waals surface area contributed by atoms with Gasteiger partial charge in [0.2, 0.25) is 0 Å². The summed E-state index contributed by atoms with van der Waals surface area (Å²) in [6.07, 6.45) is 0. The molecule has 0 bridgehead atoms. The Morgan fingerprint density at radius 2 is 2.33 bits per heavy atom. The minimum absolute atomic E-state index is 0.230. The summed E-state index contributed by atoms with van der Waals surface area (Å²) >= 11 is 5.91. The first kappa shape index (κ1) is 9.98. The van der Waals surface area contributed by atoms with Crippen LogP contribution in [0.4, 0.5) is 0 Å². The van der Waals surface area contributed by atoms with Crippen molar-refractivity contribution in [3.8, 4) is 0 Å². The van der Waals surface area contributed by atoms with Gasteiger partial charge in [0.25, 0.3) is 0 Å². The van der Waals surface area contributed by atoms with Crippen LogP contribution in [-0.4, -0.2) is 20.9 Å². The van der Waals surface area contributed by atoms with Crippen molar-refractivity contribution in [3.63, 3.8) is 0 Å². The van der Waals surface area contributed by atoms with Crippen molar-refractivity contribution in [1.29, 1.82) is 0 Å². The summed E-state index contributed by atoms with van der Waals surface area (Å²) in [7, 11) is 0. The van der Waals surface area contributed by atoms with Gasteiger partial charge in [0, 0.05) is 11.9 Å². The zero-order valence-corrected chi connectivity index (χ0v) is 8.82. The van der Waals surface area contributed by atoms with Gasteiger partial charge in [-0.2, -0.15) is 5.10 Å². The molecule has 0 fully saturated rings. The molecular weight excluding hydrogens is 216 g/mol. The molecule has 4 nitrogen and oxygen atoms in total. The van der Waals surface area contributed by atoms with E-state index in [0.717, 1.165) is 0 Å². The van der Waals surface area contributed by atoms with Gasteiger partial charge < -0.3 is 5.11 Å². The molecule has 0 atom stereocenters. The highest BCUT2D eigenvalue weighted by Gasteiger charge is 2.15. The van der Waals surface area contributed by atoms with Crippen LogP contribution in [0, 0.1) is 0 Å². The van der Waals surface area contributed by atoms with Crippen molar-refractivity contribution in [2.45, 2.75) is 13.5 Å². The third-order valence-corrected chi connectivity index (χ3v) is 2.53. The minimum Gasteiger partial charge on any atom is -0.478 e. The molecule has 15 heavy (non-hydrogen) atoms. The summed E-state index contributed by atoms with van der Waals surface area (Å²) < 4.78 is 1.60. The van der Waals surface area contributed by atoms with Crippen LogP contribution in [0.15, 0.2) is 18.2 Å². The quantitative estimate of drug-likeness (QED) is 0.852. The van der Waals surface area contributed by atoms with Gasteiger partial charge in [-0.3, -0.25) is 4.68 Å². The molecule has 0 saturated carbocycles. The first-order valence-electron chi connectivity index (χ1n) is 4.53. The molecular formula is C10H9ClN2O2. The smallest absolute Gasteiger partial charge is 0.337 e. The number of carboxylic acid groups (broad SMARTS) is 1. The summed E-state index contributed by atoms with van der Waals surface area (Å²) in [5, 5.41) is 14.1. The number of nitrogens with zero attached hydrogens (tertiary/aromatic N) is 2. The zero-order valence-electron chi connectivity index (χ0n) is 8.07. The molecule has 0 aliphatic carbocycles. The second-order valence-corrected chi connectivity index (χ2v) is 3.47. The maximum Gasteiger partial charge on any atom is 0.337 e. The van der Waals surface area contributed by atoms with Crippen LogP contribution >= 0.6 is 11.6 Å². The molecule has 78 valence electrons. The lowest BCUT2D eigenvalue weighted by atomic mass is 10.1. The maximum absolute atomic E-state index is 11.0. The van der Waals surface area contributed by atoms with Gasteiger partial charge in [-0.1, -0.05) is 17.7 Å². The fraction of sp³-hybridized carbons (Fsp3) is 0.200. The van der Waals surface area contributed by atoms with Gasteiger partial charge in [-0.05, 0) is 19.1 Å². The number of fused-ring (bicyclic) bond motifs is 1. The lowest BCUT2D eigenvalue weighted by molar-refractivity contribution is 0.0698. The van der Waals surface area contributed by atoms with Crippen LogP contribution in [0.25, 0.3) is 10.9 Å². The highest BCUT2D eigenvalue weighted by molar-refractivity contribution is 6.34. The number of para-hydroxylation sites is 1. The van der Waals surface area contributed by atoms with E-state index in [1.165, 1.54) is 0 Å². The van der Waals surface area contributed by atoms with Gasteiger partial charge in [0.05, 0.1) is 11.1 Å². The molecule has 0 radical (unpaired) electrons. The number of aromatic nitrogens is 2. The number of benzene rings is 1. The Bertz CT molecular complexity index is 533. The highest BCUT2D eigenvalue weighted by atomic mass is 35.5. The molecule has 0 amide bonds. The number of hydrogen-bond donors (Lipinski definition) is 1. The molecule has 0 saturated heterocycles. The summed E-state index contributed by atoms with van der Waals surface area (Å²) in [5.41, 5.74) is 0.811. The van der Waals surface area contributed by atoms with Crippen molar-refractivity contribution in [2.24, 2.45) is 0 Å². The van der Waals surface area contributed by atoms with E-state index < -0.39 is 5.97 Å². The average Bonchev–Trinajstić information content (AvgIpc) is 2.55. The van der Waals surface area contributed by atoms with E-state index in [9.17, 15) is 4.79 Å². The Morgan fingerprint density at radius 3 is 2.93 bits per heavy atom. The monoisotopic (exact) mass is 224 g/mol. The van der Waals surface area contributed by atoms with Gasteiger partial charge in [-0.25, -0.2) is 4.79 Å². The summed E-state index contributed by atoms with van der Waals surface area (Å²) in [6, 6.07) is 4.98. The van der Waals surface area contributed by atoms with Gasteiger partial charge >= 0.3 is 5.97 Å². The number of carbonyl (C=O) groups is 1. The Balaban J connectivity index is 2.88. The fourth-order valence-corrected chi connectivity index (χ4v) is 1.84. The van der Waals surface area contributed by atoms with E-state index in [-0.39, 0.29) is 5.56 Å². The van der Waals surface area contributed by atoms with Crippen molar-refractivity contribution < 1.29 is 9.90 Å². The SMILES string of the molecule is CCn1nc(Cl)c2cccc(C(=O)O)c21. The average molecular weight is 225 g/mol. The number of carboxylic acids is 1. The summed E-state index contributed by atoms with van der Waals surface area (Å²) in [4.78, 5) is 11.0. The number of rotatable bonds is 2. The maximum atomic E-state index is 11.0. The molecule has 0 aliphatic heterocycles. The van der Waals surface area contributed by atoms with E-state index in [2.05, 4.69) is 5.10 Å². The zero-order chi connectivity index (χ0) is 11.0.